The zero-order chi connectivity index (χ0) is 12.8. The molecule has 1 atom stereocenters. The molecular weight excluding hydrogens is 224 g/mol. The van der Waals surface area contributed by atoms with E-state index in [-0.39, 0.29) is 0 Å². The zero-order valence-corrected chi connectivity index (χ0v) is 12.0. The Labute approximate surface area is 112 Å². The lowest BCUT2D eigenvalue weighted by Gasteiger charge is -2.38. The molecule has 2 rings (SSSR count). The molecule has 0 aromatic rings. The van der Waals surface area contributed by atoms with Crippen LogP contribution in [0.5, 0.6) is 0 Å². The number of nitrogens with zero attached hydrogens (tertiary/aromatic N) is 1. The third-order valence-electron chi connectivity index (χ3n) is 4.84. The monoisotopic (exact) mass is 254 g/mol. The second-order valence-corrected chi connectivity index (χ2v) is 6.35. The molecule has 1 unspecified atom stereocenters. The molecule has 1 heterocycles. The van der Waals surface area contributed by atoms with Crippen molar-refractivity contribution in [2.75, 3.05) is 32.8 Å². The summed E-state index contributed by atoms with van der Waals surface area (Å²) in [4.78, 5) is 2.59. The van der Waals surface area contributed by atoms with Crippen molar-refractivity contribution in [1.82, 2.24) is 4.90 Å². The minimum Gasteiger partial charge on any atom is -0.377 e. The molecule has 1 saturated carbocycles. The number of rotatable bonds is 4. The summed E-state index contributed by atoms with van der Waals surface area (Å²) in [6, 6.07) is 0. The van der Waals surface area contributed by atoms with Gasteiger partial charge in [0.1, 0.15) is 0 Å². The lowest BCUT2D eigenvalue weighted by molar-refractivity contribution is 0.0638. The Morgan fingerprint density at radius 1 is 1.22 bits per heavy atom. The number of hydrogen-bond acceptors (Lipinski definition) is 3. The van der Waals surface area contributed by atoms with Crippen molar-refractivity contribution in [1.29, 1.82) is 0 Å². The van der Waals surface area contributed by atoms with E-state index in [1.807, 2.05) is 0 Å². The van der Waals surface area contributed by atoms with Gasteiger partial charge in [0.25, 0.3) is 0 Å². The highest BCUT2D eigenvalue weighted by atomic mass is 16.5. The maximum atomic E-state index is 6.07. The molecule has 0 radical (unpaired) electrons. The van der Waals surface area contributed by atoms with Crippen LogP contribution in [0.15, 0.2) is 0 Å². The lowest BCUT2D eigenvalue weighted by atomic mass is 9.72. The van der Waals surface area contributed by atoms with Crippen LogP contribution in [-0.4, -0.2) is 43.8 Å². The van der Waals surface area contributed by atoms with Gasteiger partial charge in [0, 0.05) is 19.7 Å². The minimum atomic E-state index is 0.396. The highest BCUT2D eigenvalue weighted by Gasteiger charge is 2.31. The van der Waals surface area contributed by atoms with Gasteiger partial charge in [0.2, 0.25) is 0 Å². The van der Waals surface area contributed by atoms with Gasteiger partial charge in [-0.25, -0.2) is 0 Å². The summed E-state index contributed by atoms with van der Waals surface area (Å²) in [7, 11) is 0. The second kappa shape index (κ2) is 6.88. The molecule has 2 fully saturated rings. The van der Waals surface area contributed by atoms with E-state index in [9.17, 15) is 0 Å². The van der Waals surface area contributed by atoms with E-state index in [0.29, 0.717) is 11.5 Å². The third-order valence-corrected chi connectivity index (χ3v) is 4.84. The SMILES string of the molecule is CC1CN(CCC2(CN)CCCCC2)CCCO1. The standard InChI is InChI=1S/C15H30N2O/c1-14-12-17(9-5-11-18-14)10-8-15(13-16)6-3-2-4-7-15/h14H,2-13,16H2,1H3. The van der Waals surface area contributed by atoms with Crippen molar-refractivity contribution in [2.24, 2.45) is 11.1 Å². The molecule has 1 aliphatic heterocycles. The van der Waals surface area contributed by atoms with Crippen molar-refractivity contribution in [3.8, 4) is 0 Å². The van der Waals surface area contributed by atoms with E-state index in [0.717, 1.165) is 19.7 Å². The van der Waals surface area contributed by atoms with Crippen LogP contribution < -0.4 is 5.73 Å². The summed E-state index contributed by atoms with van der Waals surface area (Å²) >= 11 is 0. The van der Waals surface area contributed by atoms with Gasteiger partial charge in [-0.1, -0.05) is 19.3 Å². The van der Waals surface area contributed by atoms with Crippen molar-refractivity contribution in [3.63, 3.8) is 0 Å². The predicted octanol–water partition coefficient (Wildman–Crippen LogP) is 2.40. The van der Waals surface area contributed by atoms with Crippen LogP contribution in [0.4, 0.5) is 0 Å². The zero-order valence-electron chi connectivity index (χ0n) is 12.0. The summed E-state index contributed by atoms with van der Waals surface area (Å²) in [5, 5.41) is 0. The fourth-order valence-corrected chi connectivity index (χ4v) is 3.54. The van der Waals surface area contributed by atoms with Gasteiger partial charge in [-0.15, -0.1) is 0 Å². The largest absolute Gasteiger partial charge is 0.377 e. The Kier molecular flexibility index (Phi) is 5.46. The molecule has 0 aromatic heterocycles. The van der Waals surface area contributed by atoms with Crippen molar-refractivity contribution in [3.05, 3.63) is 0 Å². The molecule has 2 aliphatic rings. The van der Waals surface area contributed by atoms with E-state index in [1.165, 1.54) is 58.0 Å². The van der Waals surface area contributed by atoms with Gasteiger partial charge in [-0.3, -0.25) is 0 Å². The molecule has 2 N–H and O–H groups in total. The highest BCUT2D eigenvalue weighted by molar-refractivity contribution is 4.85. The summed E-state index contributed by atoms with van der Waals surface area (Å²) in [5.41, 5.74) is 6.52. The first-order valence-corrected chi connectivity index (χ1v) is 7.78. The van der Waals surface area contributed by atoms with Crippen molar-refractivity contribution in [2.45, 2.75) is 58.0 Å². The Morgan fingerprint density at radius 2 is 2.00 bits per heavy atom. The molecule has 18 heavy (non-hydrogen) atoms. The van der Waals surface area contributed by atoms with Gasteiger partial charge in [0.15, 0.2) is 0 Å². The smallest absolute Gasteiger partial charge is 0.0673 e. The first kappa shape index (κ1) is 14.3. The maximum absolute atomic E-state index is 6.07. The van der Waals surface area contributed by atoms with Gasteiger partial charge >= 0.3 is 0 Å². The molecule has 0 amide bonds. The first-order valence-electron chi connectivity index (χ1n) is 7.78. The summed E-state index contributed by atoms with van der Waals surface area (Å²) in [5.74, 6) is 0. The molecule has 3 nitrogen and oxygen atoms in total. The molecule has 1 saturated heterocycles. The fourth-order valence-electron chi connectivity index (χ4n) is 3.54. The number of nitrogens with two attached hydrogens (primary N) is 1. The molecule has 0 aromatic carbocycles. The molecule has 3 heteroatoms. The molecular formula is C15H30N2O. The Bertz CT molecular complexity index is 239. The van der Waals surface area contributed by atoms with Crippen LogP contribution in [0.3, 0.4) is 0 Å². The summed E-state index contributed by atoms with van der Waals surface area (Å²) < 4.78 is 5.71. The molecule has 0 bridgehead atoms. The van der Waals surface area contributed by atoms with Gasteiger partial charge < -0.3 is 15.4 Å². The van der Waals surface area contributed by atoms with Crippen LogP contribution in [0.1, 0.15) is 51.9 Å². The van der Waals surface area contributed by atoms with Gasteiger partial charge in [0.05, 0.1) is 6.10 Å². The maximum Gasteiger partial charge on any atom is 0.0673 e. The topological polar surface area (TPSA) is 38.5 Å². The van der Waals surface area contributed by atoms with E-state index < -0.39 is 0 Å². The van der Waals surface area contributed by atoms with Crippen LogP contribution >= 0.6 is 0 Å². The Hall–Kier alpha value is -0.120. The van der Waals surface area contributed by atoms with E-state index >= 15 is 0 Å². The Balaban J connectivity index is 1.81. The predicted molar refractivity (Wildman–Crippen MR) is 75.7 cm³/mol. The van der Waals surface area contributed by atoms with E-state index in [4.69, 9.17) is 10.5 Å². The average Bonchev–Trinajstić information content (AvgIpc) is 2.62. The van der Waals surface area contributed by atoms with E-state index in [2.05, 4.69) is 11.8 Å². The number of ether oxygens (including phenoxy) is 1. The van der Waals surface area contributed by atoms with E-state index in [1.54, 1.807) is 0 Å². The summed E-state index contributed by atoms with van der Waals surface area (Å²) in [6.45, 7) is 7.51. The molecule has 1 aliphatic carbocycles. The highest BCUT2D eigenvalue weighted by Crippen LogP contribution is 2.38. The molecule has 0 spiro atoms. The lowest BCUT2D eigenvalue weighted by Crippen LogP contribution is -2.38. The van der Waals surface area contributed by atoms with Crippen LogP contribution in [0, 0.1) is 5.41 Å². The van der Waals surface area contributed by atoms with Crippen LogP contribution in [-0.2, 0) is 4.74 Å². The van der Waals surface area contributed by atoms with Crippen LogP contribution in [0.25, 0.3) is 0 Å². The normalized spacial score (nSPS) is 30.0. The Morgan fingerprint density at radius 3 is 2.72 bits per heavy atom. The van der Waals surface area contributed by atoms with Crippen LogP contribution in [0.2, 0.25) is 0 Å². The van der Waals surface area contributed by atoms with Gasteiger partial charge in [-0.2, -0.15) is 0 Å². The van der Waals surface area contributed by atoms with Crippen molar-refractivity contribution >= 4 is 0 Å². The van der Waals surface area contributed by atoms with Gasteiger partial charge in [-0.05, 0) is 51.1 Å². The third kappa shape index (κ3) is 3.94. The minimum absolute atomic E-state index is 0.396. The quantitative estimate of drug-likeness (QED) is 0.837. The second-order valence-electron chi connectivity index (χ2n) is 6.35. The number of hydrogen-bond donors (Lipinski definition) is 1. The average molecular weight is 254 g/mol. The van der Waals surface area contributed by atoms with Crippen molar-refractivity contribution < 1.29 is 4.74 Å². The molecule has 106 valence electrons. The summed E-state index contributed by atoms with van der Waals surface area (Å²) in [6.07, 6.45) is 9.75. The fraction of sp³-hybridized carbons (Fsp3) is 1.00. The first-order chi connectivity index (χ1) is 8.74.